The Morgan fingerprint density at radius 1 is 1.09 bits per heavy atom. The highest BCUT2D eigenvalue weighted by molar-refractivity contribution is 7.99. The number of hydrogen-bond acceptors (Lipinski definition) is 5. The third kappa shape index (κ3) is 2.42. The van der Waals surface area contributed by atoms with Crippen molar-refractivity contribution in [2.75, 3.05) is 33.2 Å². The van der Waals surface area contributed by atoms with Gasteiger partial charge in [0.25, 0.3) is 0 Å². The van der Waals surface area contributed by atoms with E-state index in [2.05, 4.69) is 50.8 Å². The van der Waals surface area contributed by atoms with Crippen LogP contribution in [0.5, 0.6) is 0 Å². The van der Waals surface area contributed by atoms with Crippen LogP contribution in [0.1, 0.15) is 5.69 Å². The molecule has 2 aromatic rings. The molecule has 22 heavy (non-hydrogen) atoms. The van der Waals surface area contributed by atoms with E-state index in [-0.39, 0.29) is 0 Å². The first kappa shape index (κ1) is 13.8. The molecule has 0 aliphatic carbocycles. The molecule has 1 saturated heterocycles. The molecule has 6 heteroatoms. The maximum Gasteiger partial charge on any atom is 0.212 e. The fraction of sp³-hybridized carbons (Fsp3) is 0.375. The summed E-state index contributed by atoms with van der Waals surface area (Å²) in [5.74, 6) is 1.00. The van der Waals surface area contributed by atoms with Gasteiger partial charge in [0.15, 0.2) is 5.16 Å². The number of aliphatic imine (C=N–C) groups is 1. The van der Waals surface area contributed by atoms with E-state index in [1.165, 1.54) is 4.90 Å². The Morgan fingerprint density at radius 2 is 1.86 bits per heavy atom. The molecule has 0 unspecified atom stereocenters. The zero-order chi connectivity index (χ0) is 15.1. The van der Waals surface area contributed by atoms with E-state index in [0.29, 0.717) is 0 Å². The lowest BCUT2D eigenvalue weighted by Crippen LogP contribution is -2.49. The first-order chi connectivity index (χ1) is 10.7. The van der Waals surface area contributed by atoms with Crippen molar-refractivity contribution in [3.63, 3.8) is 0 Å². The first-order valence-corrected chi connectivity index (χ1v) is 8.38. The van der Waals surface area contributed by atoms with E-state index >= 15 is 0 Å². The number of likely N-dealkylation sites (N-methyl/N-ethyl adjacent to an activating group) is 1. The van der Waals surface area contributed by atoms with Crippen molar-refractivity contribution in [2.45, 2.75) is 17.0 Å². The maximum atomic E-state index is 4.97. The minimum absolute atomic E-state index is 0.999. The Labute approximate surface area is 134 Å². The van der Waals surface area contributed by atoms with Gasteiger partial charge in [0.2, 0.25) is 5.96 Å². The van der Waals surface area contributed by atoms with Crippen LogP contribution in [-0.4, -0.2) is 58.5 Å². The van der Waals surface area contributed by atoms with Crippen molar-refractivity contribution in [2.24, 2.45) is 4.99 Å². The molecule has 114 valence electrons. The number of para-hydroxylation sites is 1. The molecule has 0 saturated carbocycles. The van der Waals surface area contributed by atoms with Crippen molar-refractivity contribution < 1.29 is 0 Å². The van der Waals surface area contributed by atoms with Gasteiger partial charge in [-0.2, -0.15) is 0 Å². The average Bonchev–Trinajstić information content (AvgIpc) is 2.80. The molecule has 0 bridgehead atoms. The van der Waals surface area contributed by atoms with Gasteiger partial charge in [-0.05, 0) is 37.9 Å². The van der Waals surface area contributed by atoms with Gasteiger partial charge in [-0.25, -0.2) is 9.98 Å². The Bertz CT molecular complexity index is 728. The van der Waals surface area contributed by atoms with Crippen molar-refractivity contribution in [1.82, 2.24) is 19.4 Å². The maximum absolute atomic E-state index is 4.97. The number of rotatable bonds is 0. The van der Waals surface area contributed by atoms with E-state index in [1.54, 1.807) is 11.8 Å². The summed E-state index contributed by atoms with van der Waals surface area (Å²) in [4.78, 5) is 15.5. The standard InChI is InChI=1S/C16H19N5S/c1-12-11-21-15(20-9-7-19(2)8-10-20)18-13-5-3-4-6-14(13)22-16(21)17-12/h3-6,11H,7-10H2,1-2H3. The molecule has 2 aliphatic heterocycles. The van der Waals surface area contributed by atoms with Crippen LogP contribution in [0.3, 0.4) is 0 Å². The Morgan fingerprint density at radius 3 is 2.68 bits per heavy atom. The fourth-order valence-electron chi connectivity index (χ4n) is 2.82. The topological polar surface area (TPSA) is 36.7 Å². The molecule has 0 radical (unpaired) electrons. The predicted octanol–water partition coefficient (Wildman–Crippen LogP) is 2.44. The van der Waals surface area contributed by atoms with Gasteiger partial charge in [-0.15, -0.1) is 0 Å². The second-order valence-corrected chi connectivity index (χ2v) is 6.82. The molecule has 1 aromatic heterocycles. The fourth-order valence-corrected chi connectivity index (χ4v) is 3.80. The highest BCUT2D eigenvalue weighted by Gasteiger charge is 2.24. The van der Waals surface area contributed by atoms with E-state index in [0.717, 1.165) is 48.7 Å². The molecular formula is C16H19N5S. The van der Waals surface area contributed by atoms with E-state index in [9.17, 15) is 0 Å². The smallest absolute Gasteiger partial charge is 0.212 e. The normalized spacial score (nSPS) is 18.5. The van der Waals surface area contributed by atoms with Crippen LogP contribution in [0.4, 0.5) is 5.69 Å². The number of piperazine rings is 1. The van der Waals surface area contributed by atoms with Gasteiger partial charge in [-0.3, -0.25) is 4.57 Å². The van der Waals surface area contributed by atoms with Crippen molar-refractivity contribution in [3.05, 3.63) is 36.2 Å². The zero-order valence-corrected chi connectivity index (χ0v) is 13.7. The number of aromatic nitrogens is 2. The molecule has 0 atom stereocenters. The number of benzene rings is 1. The first-order valence-electron chi connectivity index (χ1n) is 7.56. The highest BCUT2D eigenvalue weighted by atomic mass is 32.2. The Hall–Kier alpha value is -1.79. The van der Waals surface area contributed by atoms with Gasteiger partial charge in [-0.1, -0.05) is 12.1 Å². The summed E-state index contributed by atoms with van der Waals surface area (Å²) < 4.78 is 2.14. The average molecular weight is 313 g/mol. The lowest BCUT2D eigenvalue weighted by molar-refractivity contribution is 0.211. The second-order valence-electron chi connectivity index (χ2n) is 5.81. The number of fused-ring (bicyclic) bond motifs is 2. The van der Waals surface area contributed by atoms with Crippen LogP contribution in [0.2, 0.25) is 0 Å². The summed E-state index contributed by atoms with van der Waals surface area (Å²) in [7, 11) is 2.17. The van der Waals surface area contributed by atoms with Crippen LogP contribution < -0.4 is 0 Å². The van der Waals surface area contributed by atoms with Crippen LogP contribution in [-0.2, 0) is 0 Å². The monoisotopic (exact) mass is 313 g/mol. The molecule has 0 N–H and O–H groups in total. The quantitative estimate of drug-likeness (QED) is 0.748. The predicted molar refractivity (Wildman–Crippen MR) is 89.1 cm³/mol. The van der Waals surface area contributed by atoms with E-state index in [1.807, 2.05) is 13.0 Å². The number of imidazole rings is 1. The molecule has 1 fully saturated rings. The van der Waals surface area contributed by atoms with Crippen LogP contribution >= 0.6 is 11.8 Å². The molecule has 4 rings (SSSR count). The SMILES string of the molecule is Cc1cn2c(n1)Sc1ccccc1N=C2N1CCN(C)CC1. The van der Waals surface area contributed by atoms with Crippen molar-refractivity contribution in [3.8, 4) is 0 Å². The molecule has 1 aromatic carbocycles. The highest BCUT2D eigenvalue weighted by Crippen LogP contribution is 2.37. The lowest BCUT2D eigenvalue weighted by atomic mass is 10.3. The summed E-state index contributed by atoms with van der Waals surface area (Å²) in [6.45, 7) is 6.17. The largest absolute Gasteiger partial charge is 0.339 e. The minimum atomic E-state index is 0.999. The minimum Gasteiger partial charge on any atom is -0.339 e. The van der Waals surface area contributed by atoms with Gasteiger partial charge in [0.1, 0.15) is 0 Å². The van der Waals surface area contributed by atoms with Gasteiger partial charge in [0.05, 0.1) is 11.4 Å². The third-order valence-electron chi connectivity index (χ3n) is 4.08. The third-order valence-corrected chi connectivity index (χ3v) is 5.12. The summed E-state index contributed by atoms with van der Waals surface area (Å²) in [6, 6.07) is 8.30. The van der Waals surface area contributed by atoms with Crippen LogP contribution in [0.15, 0.2) is 45.5 Å². The van der Waals surface area contributed by atoms with Gasteiger partial charge in [0, 0.05) is 37.3 Å². The summed E-state index contributed by atoms with van der Waals surface area (Å²) in [6.07, 6.45) is 2.09. The molecular weight excluding hydrogens is 294 g/mol. The van der Waals surface area contributed by atoms with Gasteiger partial charge < -0.3 is 9.80 Å². The van der Waals surface area contributed by atoms with Crippen LogP contribution in [0, 0.1) is 6.92 Å². The molecule has 3 heterocycles. The number of nitrogens with zero attached hydrogens (tertiary/aromatic N) is 5. The van der Waals surface area contributed by atoms with Gasteiger partial charge >= 0.3 is 0 Å². The van der Waals surface area contributed by atoms with Crippen LogP contribution in [0.25, 0.3) is 0 Å². The van der Waals surface area contributed by atoms with Crippen molar-refractivity contribution in [1.29, 1.82) is 0 Å². The number of aryl methyl sites for hydroxylation is 1. The van der Waals surface area contributed by atoms with E-state index in [4.69, 9.17) is 4.99 Å². The summed E-state index contributed by atoms with van der Waals surface area (Å²) in [5.41, 5.74) is 2.06. The molecule has 5 nitrogen and oxygen atoms in total. The Kier molecular flexibility index (Phi) is 3.43. The molecule has 2 aliphatic rings. The van der Waals surface area contributed by atoms with E-state index < -0.39 is 0 Å². The molecule has 0 amide bonds. The lowest BCUT2D eigenvalue weighted by Gasteiger charge is -2.34. The second kappa shape index (κ2) is 5.44. The number of hydrogen-bond donors (Lipinski definition) is 0. The summed E-state index contributed by atoms with van der Waals surface area (Å²) in [5, 5.41) is 1.00. The summed E-state index contributed by atoms with van der Waals surface area (Å²) >= 11 is 1.69. The Balaban J connectivity index is 1.81. The molecule has 0 spiro atoms. The van der Waals surface area contributed by atoms with Crippen molar-refractivity contribution >= 4 is 23.4 Å². The zero-order valence-electron chi connectivity index (χ0n) is 12.9.